The minimum atomic E-state index is -1.95. The molecule has 19 atom stereocenters. The molecule has 0 spiro atoms. The topological polar surface area (TPSA) is 222 Å². The van der Waals surface area contributed by atoms with Gasteiger partial charge in [-0.3, -0.25) is 4.79 Å². The predicted molar refractivity (Wildman–Crippen MR) is 225 cm³/mol. The summed E-state index contributed by atoms with van der Waals surface area (Å²) in [7, 11) is 3.45. The average molecular weight is 876 g/mol. The van der Waals surface area contributed by atoms with Crippen molar-refractivity contribution in [3.8, 4) is 0 Å². The smallest absolute Gasteiger partial charge is 0.311 e. The van der Waals surface area contributed by atoms with Crippen LogP contribution < -0.4 is 5.32 Å². The van der Waals surface area contributed by atoms with Gasteiger partial charge < -0.3 is 69.3 Å². The molecule has 0 radical (unpaired) electrons. The molecule has 3 aliphatic heterocycles. The van der Waals surface area contributed by atoms with Gasteiger partial charge in [0.1, 0.15) is 28.9 Å². The minimum Gasteiger partial charge on any atom is -0.459 e. The number of aliphatic hydroxyl groups is 6. The molecule has 0 aromatic carbocycles. The lowest BCUT2D eigenvalue weighted by atomic mass is 9.73. The normalized spacial score (nSPS) is 45.3. The number of aliphatic hydroxyl groups excluding tert-OH is 4. The first kappa shape index (κ1) is 51.2. The first-order valence-electron chi connectivity index (χ1n) is 21.8. The third kappa shape index (κ3) is 12.0. The monoisotopic (exact) mass is 876 g/mol. The maximum atomic E-state index is 14.3. The van der Waals surface area contributed by atoms with Crippen molar-refractivity contribution in [1.82, 2.24) is 15.2 Å². The largest absolute Gasteiger partial charge is 0.459 e. The second-order valence-corrected chi connectivity index (χ2v) is 19.7. The second kappa shape index (κ2) is 21.5. The van der Waals surface area contributed by atoms with Crippen LogP contribution in [0, 0.1) is 23.7 Å². The SMILES string of the molecule is CC[C@H]1OC(=O)[C@H](C)[C@@H](O[C@H]2C[C@@](C)(OC)[C@@H](O)[C@H](C)O2)[C@H](C)[C@@H](O[C@H]2O[C@@H](C)C[C@@H](N(C)CCCNCc3nccs3)[C@@H]2O)[C@](C)(O)C[C@@H](C)[C@H](O)[C@H](C)[C@@H](O)[C@]1(C)O. The van der Waals surface area contributed by atoms with Crippen molar-refractivity contribution in [2.75, 3.05) is 27.2 Å². The van der Waals surface area contributed by atoms with Gasteiger partial charge in [0.05, 0.1) is 53.7 Å². The summed E-state index contributed by atoms with van der Waals surface area (Å²) in [4.78, 5) is 20.7. The lowest BCUT2D eigenvalue weighted by Crippen LogP contribution is -2.61. The number of ether oxygens (including phenoxy) is 6. The number of thiazole rings is 1. The van der Waals surface area contributed by atoms with Crippen LogP contribution >= 0.6 is 11.3 Å². The minimum absolute atomic E-state index is 0.0499. The quantitative estimate of drug-likeness (QED) is 0.112. The van der Waals surface area contributed by atoms with Gasteiger partial charge in [-0.2, -0.15) is 0 Å². The number of methoxy groups -OCH3 is 1. The highest BCUT2D eigenvalue weighted by atomic mass is 32.1. The Balaban J connectivity index is 1.70. The number of carbonyl (C=O) groups is 1. The Morgan fingerprint density at radius 3 is 2.27 bits per heavy atom. The highest BCUT2D eigenvalue weighted by molar-refractivity contribution is 7.09. The van der Waals surface area contributed by atoms with Crippen LogP contribution in [0.1, 0.15) is 106 Å². The van der Waals surface area contributed by atoms with Gasteiger partial charge in [0.2, 0.25) is 0 Å². The van der Waals surface area contributed by atoms with Crippen molar-refractivity contribution >= 4 is 17.3 Å². The fourth-order valence-electron chi connectivity index (χ4n) is 9.67. The van der Waals surface area contributed by atoms with Crippen LogP contribution in [0.2, 0.25) is 0 Å². The van der Waals surface area contributed by atoms with Gasteiger partial charge in [-0.1, -0.05) is 27.7 Å². The average Bonchev–Trinajstić information content (AvgIpc) is 3.72. The van der Waals surface area contributed by atoms with E-state index in [4.69, 9.17) is 28.4 Å². The number of nitrogens with one attached hydrogen (secondary N) is 1. The summed E-state index contributed by atoms with van der Waals surface area (Å²) in [5.41, 5.74) is -4.77. The van der Waals surface area contributed by atoms with Crippen LogP contribution in [0.4, 0.5) is 0 Å². The highest BCUT2D eigenvalue weighted by Gasteiger charge is 2.53. The lowest BCUT2D eigenvalue weighted by molar-refractivity contribution is -0.318. The molecular formula is C43H77N3O13S. The van der Waals surface area contributed by atoms with E-state index in [-0.39, 0.29) is 31.4 Å². The molecule has 0 amide bonds. The summed E-state index contributed by atoms with van der Waals surface area (Å²) in [5.74, 6) is -4.19. The summed E-state index contributed by atoms with van der Waals surface area (Å²) in [6, 6.07) is -0.352. The fraction of sp³-hybridized carbons (Fsp3) is 0.907. The fourth-order valence-corrected chi connectivity index (χ4v) is 10.3. The highest BCUT2D eigenvalue weighted by Crippen LogP contribution is 2.41. The Morgan fingerprint density at radius 2 is 1.65 bits per heavy atom. The Kier molecular flexibility index (Phi) is 18.4. The van der Waals surface area contributed by atoms with Gasteiger partial charge >= 0.3 is 5.97 Å². The molecule has 348 valence electrons. The van der Waals surface area contributed by atoms with E-state index in [0.717, 1.165) is 18.0 Å². The molecule has 1 aromatic rings. The standard InChI is InChI=1S/C43H77N3O13S/c1-13-30-43(10,53)36(49)25(4)33(47)23(2)20-41(8,52)38(26(5)35(27(6)39(51)57-30)58-32-21-42(9,54-12)37(50)28(7)56-32)59-40-34(48)29(19-24(3)55-40)46(11)17-14-15-44-22-31-45-16-18-60-31/h16,18,23-30,32-38,40,44,47-50,52-53H,13-15,17,19-22H2,1-12H3/t23-,24+,25+,26+,27-,28+,29-,30-,32+,33+,34+,35+,36-,37+,38-,40-,41-,42-,43-/m1/s1. The van der Waals surface area contributed by atoms with Crippen LogP contribution in [0.3, 0.4) is 0 Å². The van der Waals surface area contributed by atoms with Crippen LogP contribution in [-0.4, -0.2) is 164 Å². The molecule has 16 nitrogen and oxygen atoms in total. The second-order valence-electron chi connectivity index (χ2n) is 18.7. The zero-order chi connectivity index (χ0) is 44.9. The molecule has 0 unspecified atom stereocenters. The number of rotatable bonds is 13. The van der Waals surface area contributed by atoms with E-state index in [2.05, 4.69) is 15.2 Å². The van der Waals surface area contributed by atoms with E-state index >= 15 is 0 Å². The van der Waals surface area contributed by atoms with E-state index in [1.807, 2.05) is 19.4 Å². The summed E-state index contributed by atoms with van der Waals surface area (Å²) < 4.78 is 37.7. The third-order valence-corrected chi connectivity index (χ3v) is 14.4. The number of likely N-dealkylation sites (N-methyl/N-ethyl adjacent to an activating group) is 1. The Hall–Kier alpha value is -1.42. The van der Waals surface area contributed by atoms with Crippen LogP contribution in [0.15, 0.2) is 11.6 Å². The summed E-state index contributed by atoms with van der Waals surface area (Å²) in [5, 5.41) is 76.8. The number of nitrogens with zero attached hydrogens (tertiary/aromatic N) is 2. The number of carbonyl (C=O) groups excluding carboxylic acids is 1. The Morgan fingerprint density at radius 1 is 0.967 bits per heavy atom. The van der Waals surface area contributed by atoms with Crippen LogP contribution in [-0.2, 0) is 39.8 Å². The molecule has 3 fully saturated rings. The predicted octanol–water partition coefficient (Wildman–Crippen LogP) is 2.58. The van der Waals surface area contributed by atoms with Crippen molar-refractivity contribution in [2.24, 2.45) is 23.7 Å². The van der Waals surface area contributed by atoms with Crippen molar-refractivity contribution in [3.05, 3.63) is 16.6 Å². The maximum absolute atomic E-state index is 14.3. The van der Waals surface area contributed by atoms with Gasteiger partial charge in [-0.15, -0.1) is 11.3 Å². The molecule has 0 aliphatic carbocycles. The van der Waals surface area contributed by atoms with Gasteiger partial charge in [-0.25, -0.2) is 4.98 Å². The van der Waals surface area contributed by atoms with Crippen molar-refractivity contribution < 1.29 is 63.9 Å². The third-order valence-electron chi connectivity index (χ3n) is 13.6. The molecule has 3 saturated heterocycles. The Bertz CT molecular complexity index is 1460. The van der Waals surface area contributed by atoms with E-state index in [9.17, 15) is 35.4 Å². The van der Waals surface area contributed by atoms with Crippen molar-refractivity contribution in [3.63, 3.8) is 0 Å². The molecule has 0 bridgehead atoms. The lowest BCUT2D eigenvalue weighted by Gasteiger charge is -2.49. The first-order chi connectivity index (χ1) is 28.0. The molecule has 4 heterocycles. The van der Waals surface area contributed by atoms with Gasteiger partial charge in [0.25, 0.3) is 0 Å². The number of esters is 1. The van der Waals surface area contributed by atoms with Crippen LogP contribution in [0.25, 0.3) is 0 Å². The number of cyclic esters (lactones) is 1. The van der Waals surface area contributed by atoms with Crippen molar-refractivity contribution in [1.29, 1.82) is 0 Å². The molecule has 17 heteroatoms. The molecular weight excluding hydrogens is 799 g/mol. The number of aromatic nitrogens is 1. The van der Waals surface area contributed by atoms with Crippen LogP contribution in [0.5, 0.6) is 0 Å². The van der Waals surface area contributed by atoms with Gasteiger partial charge in [0, 0.05) is 49.5 Å². The van der Waals surface area contributed by atoms with E-state index in [1.54, 1.807) is 72.9 Å². The van der Waals surface area contributed by atoms with E-state index < -0.39 is 108 Å². The zero-order valence-electron chi connectivity index (χ0n) is 37.9. The summed E-state index contributed by atoms with van der Waals surface area (Å²) in [6.45, 7) is 18.9. The number of hydrogen-bond acceptors (Lipinski definition) is 17. The van der Waals surface area contributed by atoms with E-state index in [0.29, 0.717) is 19.5 Å². The molecule has 7 N–H and O–H groups in total. The molecule has 4 rings (SSSR count). The van der Waals surface area contributed by atoms with E-state index in [1.165, 1.54) is 14.0 Å². The summed E-state index contributed by atoms with van der Waals surface area (Å²) in [6.07, 6.45) is -8.17. The molecule has 3 aliphatic rings. The first-order valence-corrected chi connectivity index (χ1v) is 22.7. The molecule has 1 aromatic heterocycles. The molecule has 60 heavy (non-hydrogen) atoms. The number of hydrogen-bond donors (Lipinski definition) is 7. The summed E-state index contributed by atoms with van der Waals surface area (Å²) >= 11 is 1.60. The zero-order valence-corrected chi connectivity index (χ0v) is 38.7. The molecule has 0 saturated carbocycles. The maximum Gasteiger partial charge on any atom is 0.311 e. The van der Waals surface area contributed by atoms with Gasteiger partial charge in [0.15, 0.2) is 12.6 Å². The van der Waals surface area contributed by atoms with Crippen molar-refractivity contribution in [2.45, 2.75) is 198 Å². The van der Waals surface area contributed by atoms with Gasteiger partial charge in [-0.05, 0) is 93.3 Å². The Labute approximate surface area is 361 Å².